The molecule has 8 heteroatoms. The zero-order valence-electron chi connectivity index (χ0n) is 23.6. The van der Waals surface area contributed by atoms with Gasteiger partial charge in [-0.3, -0.25) is 4.79 Å². The minimum absolute atomic E-state index is 0.0212. The van der Waals surface area contributed by atoms with E-state index in [0.717, 1.165) is 61.6 Å². The lowest BCUT2D eigenvalue weighted by Gasteiger charge is -2.44. The number of carbonyl (C=O) groups is 2. The number of nitrogens with one attached hydrogen (secondary N) is 1. The maximum absolute atomic E-state index is 13.6. The van der Waals surface area contributed by atoms with Crippen LogP contribution in [-0.4, -0.2) is 53.3 Å². The highest BCUT2D eigenvalue weighted by molar-refractivity contribution is 6.33. The summed E-state index contributed by atoms with van der Waals surface area (Å²) >= 11 is 6.84. The molecule has 2 atom stereocenters. The molecule has 4 rings (SSSR count). The van der Waals surface area contributed by atoms with E-state index in [0.29, 0.717) is 43.4 Å². The number of hydrogen-bond donors (Lipinski definition) is 4. The molecule has 1 aliphatic carbocycles. The van der Waals surface area contributed by atoms with Gasteiger partial charge in [0.25, 0.3) is 0 Å². The lowest BCUT2D eigenvalue weighted by molar-refractivity contribution is -0.142. The van der Waals surface area contributed by atoms with E-state index in [1.165, 1.54) is 5.56 Å². The zero-order valence-corrected chi connectivity index (χ0v) is 24.3. The lowest BCUT2D eigenvalue weighted by atomic mass is 9.71. The fourth-order valence-corrected chi connectivity index (χ4v) is 6.99. The highest BCUT2D eigenvalue weighted by atomic mass is 35.5. The van der Waals surface area contributed by atoms with Crippen molar-refractivity contribution in [3.8, 4) is 11.1 Å². The van der Waals surface area contributed by atoms with Crippen LogP contribution < -0.4 is 11.1 Å². The van der Waals surface area contributed by atoms with Gasteiger partial charge in [-0.1, -0.05) is 54.9 Å². The molecule has 7 nitrogen and oxygen atoms in total. The SMILES string of the molecule is CCc1cccc(-c2c(Cl)cccc2C(O)(CCCNC(=O)O)C2CCCN(C(=O)C3CCC(CN)CC3)C2)c1. The summed E-state index contributed by atoms with van der Waals surface area (Å²) in [5.74, 6) is 0.516. The summed E-state index contributed by atoms with van der Waals surface area (Å²) in [7, 11) is 0. The maximum Gasteiger partial charge on any atom is 0.404 e. The van der Waals surface area contributed by atoms with Crippen molar-refractivity contribution in [1.82, 2.24) is 10.2 Å². The average molecular weight is 570 g/mol. The van der Waals surface area contributed by atoms with E-state index in [1.807, 2.05) is 35.2 Å². The predicted molar refractivity (Wildman–Crippen MR) is 159 cm³/mol. The number of aliphatic hydroxyl groups is 1. The van der Waals surface area contributed by atoms with Crippen molar-refractivity contribution in [2.45, 2.75) is 70.3 Å². The third-order valence-electron chi connectivity index (χ3n) is 9.05. The Balaban J connectivity index is 1.66. The van der Waals surface area contributed by atoms with Gasteiger partial charge in [-0.15, -0.1) is 0 Å². The second-order valence-corrected chi connectivity index (χ2v) is 12.0. The van der Waals surface area contributed by atoms with Gasteiger partial charge in [0.1, 0.15) is 0 Å². The number of amides is 2. The third kappa shape index (κ3) is 6.99. The topological polar surface area (TPSA) is 116 Å². The summed E-state index contributed by atoms with van der Waals surface area (Å²) in [6.07, 6.45) is 5.92. The van der Waals surface area contributed by atoms with E-state index in [4.69, 9.17) is 22.4 Å². The molecule has 2 amide bonds. The van der Waals surface area contributed by atoms with Gasteiger partial charge in [0.05, 0.1) is 5.60 Å². The van der Waals surface area contributed by atoms with Crippen LogP contribution in [-0.2, 0) is 16.8 Å². The Kier molecular flexibility index (Phi) is 10.5. The largest absolute Gasteiger partial charge is 0.465 e. The molecule has 40 heavy (non-hydrogen) atoms. The minimum atomic E-state index is -1.29. The van der Waals surface area contributed by atoms with E-state index in [1.54, 1.807) is 0 Å². The molecule has 2 aromatic carbocycles. The fourth-order valence-electron chi connectivity index (χ4n) is 6.71. The van der Waals surface area contributed by atoms with Gasteiger partial charge in [-0.05, 0) is 93.0 Å². The van der Waals surface area contributed by atoms with Crippen molar-refractivity contribution in [3.63, 3.8) is 0 Å². The molecule has 0 radical (unpaired) electrons. The van der Waals surface area contributed by atoms with Gasteiger partial charge in [-0.2, -0.15) is 0 Å². The summed E-state index contributed by atoms with van der Waals surface area (Å²) in [6, 6.07) is 13.9. The second-order valence-electron chi connectivity index (χ2n) is 11.6. The molecule has 1 saturated carbocycles. The van der Waals surface area contributed by atoms with Crippen LogP contribution in [0.4, 0.5) is 4.79 Å². The first kappa shape index (κ1) is 30.4. The van der Waals surface area contributed by atoms with Crippen molar-refractivity contribution in [3.05, 3.63) is 58.6 Å². The minimum Gasteiger partial charge on any atom is -0.465 e. The summed E-state index contributed by atoms with van der Waals surface area (Å²) in [5, 5.41) is 24.7. The molecule has 1 saturated heterocycles. The second kappa shape index (κ2) is 13.8. The van der Waals surface area contributed by atoms with E-state index < -0.39 is 11.7 Å². The predicted octanol–water partition coefficient (Wildman–Crippen LogP) is 5.81. The zero-order chi connectivity index (χ0) is 28.7. The Labute approximate surface area is 243 Å². The number of halogens is 1. The molecule has 2 unspecified atom stereocenters. The first-order chi connectivity index (χ1) is 19.3. The standard InChI is InChI=1S/C32H44ClN3O4/c1-2-22-7-3-8-25(19-22)29-27(10-4-11-28(29)33)32(40,16-6-17-35-31(38)39)26-9-5-18-36(21-26)30(37)24-14-12-23(20-34)13-15-24/h3-4,7-8,10-11,19,23-24,26,35,40H,2,5-6,9,12-18,20-21,34H2,1H3,(H,38,39). The van der Waals surface area contributed by atoms with Crippen molar-refractivity contribution in [2.24, 2.45) is 23.5 Å². The average Bonchev–Trinajstić information content (AvgIpc) is 2.98. The Hall–Kier alpha value is -2.61. The molecule has 2 aliphatic rings. The van der Waals surface area contributed by atoms with Gasteiger partial charge >= 0.3 is 6.09 Å². The van der Waals surface area contributed by atoms with Crippen molar-refractivity contribution in [2.75, 3.05) is 26.2 Å². The van der Waals surface area contributed by atoms with Crippen molar-refractivity contribution < 1.29 is 19.8 Å². The normalized spacial score (nSPS) is 22.9. The lowest BCUT2D eigenvalue weighted by Crippen LogP contribution is -2.50. The van der Waals surface area contributed by atoms with Crippen LogP contribution in [0.3, 0.4) is 0 Å². The van der Waals surface area contributed by atoms with Gasteiger partial charge in [-0.25, -0.2) is 4.79 Å². The number of benzene rings is 2. The molecule has 2 aromatic rings. The van der Waals surface area contributed by atoms with E-state index in [2.05, 4.69) is 24.4 Å². The summed E-state index contributed by atoms with van der Waals surface area (Å²) < 4.78 is 0. The van der Waals surface area contributed by atoms with E-state index in [9.17, 15) is 14.7 Å². The van der Waals surface area contributed by atoms with Crippen LogP contribution in [0.1, 0.15) is 69.4 Å². The smallest absolute Gasteiger partial charge is 0.404 e. The molecule has 0 aromatic heterocycles. The molecule has 2 fully saturated rings. The van der Waals surface area contributed by atoms with Gasteiger partial charge in [0, 0.05) is 42.1 Å². The molecule has 218 valence electrons. The molecule has 1 heterocycles. The number of rotatable bonds is 10. The number of nitrogens with zero attached hydrogens (tertiary/aromatic N) is 1. The van der Waals surface area contributed by atoms with Crippen molar-refractivity contribution >= 4 is 23.6 Å². The van der Waals surface area contributed by atoms with Crippen LogP contribution >= 0.6 is 11.6 Å². The van der Waals surface area contributed by atoms with Crippen molar-refractivity contribution in [1.29, 1.82) is 0 Å². The molecule has 0 bridgehead atoms. The number of hydrogen-bond acceptors (Lipinski definition) is 4. The third-order valence-corrected chi connectivity index (χ3v) is 9.37. The summed E-state index contributed by atoms with van der Waals surface area (Å²) in [6.45, 7) is 4.19. The quantitative estimate of drug-likeness (QED) is 0.270. The highest BCUT2D eigenvalue weighted by Crippen LogP contribution is 2.46. The van der Waals surface area contributed by atoms with E-state index in [-0.39, 0.29) is 24.3 Å². The number of likely N-dealkylation sites (tertiary alicyclic amines) is 1. The fraction of sp³-hybridized carbons (Fsp3) is 0.562. The molecule has 5 N–H and O–H groups in total. The maximum atomic E-state index is 13.6. The number of nitrogens with two attached hydrogens (primary N) is 1. The molecular formula is C32H44ClN3O4. The highest BCUT2D eigenvalue weighted by Gasteiger charge is 2.43. The van der Waals surface area contributed by atoms with Gasteiger partial charge in [0.2, 0.25) is 5.91 Å². The van der Waals surface area contributed by atoms with Crippen LogP contribution in [0.5, 0.6) is 0 Å². The Morgan fingerprint density at radius 2 is 1.88 bits per heavy atom. The molecule has 1 aliphatic heterocycles. The Bertz CT molecular complexity index is 1170. The summed E-state index contributed by atoms with van der Waals surface area (Å²) in [5.41, 5.74) is 8.24. The molecular weight excluding hydrogens is 526 g/mol. The van der Waals surface area contributed by atoms with Crippen LogP contribution in [0.15, 0.2) is 42.5 Å². The Morgan fingerprint density at radius 1 is 1.12 bits per heavy atom. The first-order valence-electron chi connectivity index (χ1n) is 14.8. The molecule has 0 spiro atoms. The van der Waals surface area contributed by atoms with Crippen LogP contribution in [0, 0.1) is 17.8 Å². The number of aryl methyl sites for hydroxylation is 1. The number of carbonyl (C=O) groups excluding carboxylic acids is 1. The van der Waals surface area contributed by atoms with E-state index >= 15 is 0 Å². The number of carboxylic acid groups (broad SMARTS) is 1. The Morgan fingerprint density at radius 3 is 2.58 bits per heavy atom. The number of piperidine rings is 1. The van der Waals surface area contributed by atoms with Gasteiger partial charge < -0.3 is 26.2 Å². The summed E-state index contributed by atoms with van der Waals surface area (Å²) in [4.78, 5) is 26.7. The van der Waals surface area contributed by atoms with Crippen LogP contribution in [0.2, 0.25) is 5.02 Å². The van der Waals surface area contributed by atoms with Crippen LogP contribution in [0.25, 0.3) is 11.1 Å². The first-order valence-corrected chi connectivity index (χ1v) is 15.2. The monoisotopic (exact) mass is 569 g/mol. The van der Waals surface area contributed by atoms with Gasteiger partial charge in [0.15, 0.2) is 0 Å².